The van der Waals surface area contributed by atoms with Gasteiger partial charge in [-0.1, -0.05) is 18.2 Å². The summed E-state index contributed by atoms with van der Waals surface area (Å²) in [4.78, 5) is 16.8. The molecule has 1 saturated carbocycles. The molecule has 1 aliphatic rings. The van der Waals surface area contributed by atoms with Gasteiger partial charge in [-0.2, -0.15) is 0 Å². The zero-order chi connectivity index (χ0) is 16.9. The summed E-state index contributed by atoms with van der Waals surface area (Å²) in [6, 6.07) is 9.56. The van der Waals surface area contributed by atoms with E-state index in [9.17, 15) is 9.90 Å². The van der Waals surface area contributed by atoms with Gasteiger partial charge in [-0.05, 0) is 31.4 Å². The van der Waals surface area contributed by atoms with Crippen molar-refractivity contribution in [1.29, 1.82) is 0 Å². The van der Waals surface area contributed by atoms with Crippen molar-refractivity contribution in [2.75, 3.05) is 20.3 Å². The molecule has 2 N–H and O–H groups in total. The summed E-state index contributed by atoms with van der Waals surface area (Å²) in [5.41, 5.74) is 1.21. The Bertz CT molecular complexity index is 680. The van der Waals surface area contributed by atoms with Gasteiger partial charge in [-0.25, -0.2) is 4.98 Å². The second-order valence-corrected chi connectivity index (χ2v) is 6.03. The molecule has 0 aliphatic heterocycles. The second-order valence-electron chi connectivity index (χ2n) is 6.03. The lowest BCUT2D eigenvalue weighted by molar-refractivity contribution is 0.0587. The van der Waals surface area contributed by atoms with E-state index in [0.717, 1.165) is 18.4 Å². The van der Waals surface area contributed by atoms with Crippen molar-refractivity contribution in [3.63, 3.8) is 0 Å². The zero-order valence-corrected chi connectivity index (χ0v) is 13.7. The van der Waals surface area contributed by atoms with Crippen LogP contribution in [0.25, 0.3) is 11.5 Å². The Morgan fingerprint density at radius 3 is 2.83 bits per heavy atom. The summed E-state index contributed by atoms with van der Waals surface area (Å²) in [7, 11) is 1.53. The van der Waals surface area contributed by atoms with E-state index >= 15 is 0 Å². The molecule has 1 unspecified atom stereocenters. The minimum Gasteiger partial charge on any atom is -0.440 e. The molecule has 3 rings (SSSR count). The fourth-order valence-electron chi connectivity index (χ4n) is 2.53. The van der Waals surface area contributed by atoms with Crippen LogP contribution < -0.4 is 5.32 Å². The van der Waals surface area contributed by atoms with E-state index < -0.39 is 6.10 Å². The standard InChI is InChI=1S/C18H22N2O4/c1-23-11-14(21)9-10-19-17(22)15-16(12-7-8-12)24-18(20-15)13-5-3-2-4-6-13/h2-6,12,14,21H,7-11H2,1H3,(H,19,22). The van der Waals surface area contributed by atoms with Gasteiger partial charge < -0.3 is 19.6 Å². The number of benzene rings is 1. The molecule has 1 heterocycles. The van der Waals surface area contributed by atoms with Gasteiger partial charge >= 0.3 is 0 Å². The normalized spacial score (nSPS) is 15.2. The maximum Gasteiger partial charge on any atom is 0.273 e. The number of amides is 1. The first-order valence-electron chi connectivity index (χ1n) is 8.20. The van der Waals surface area contributed by atoms with Crippen LogP contribution in [-0.4, -0.2) is 42.4 Å². The highest BCUT2D eigenvalue weighted by Gasteiger charge is 2.34. The van der Waals surface area contributed by atoms with Crippen LogP contribution in [0.15, 0.2) is 34.7 Å². The minimum atomic E-state index is -0.588. The molecular weight excluding hydrogens is 308 g/mol. The highest BCUT2D eigenvalue weighted by Crippen LogP contribution is 2.43. The highest BCUT2D eigenvalue weighted by molar-refractivity contribution is 5.94. The predicted molar refractivity (Wildman–Crippen MR) is 88.7 cm³/mol. The van der Waals surface area contributed by atoms with Crippen molar-refractivity contribution in [3.05, 3.63) is 41.8 Å². The van der Waals surface area contributed by atoms with Crippen molar-refractivity contribution in [1.82, 2.24) is 10.3 Å². The summed E-state index contributed by atoms with van der Waals surface area (Å²) in [5.74, 6) is 1.17. The number of nitrogens with zero attached hydrogens (tertiary/aromatic N) is 1. The lowest BCUT2D eigenvalue weighted by Crippen LogP contribution is -2.29. The third-order valence-corrected chi connectivity index (χ3v) is 3.96. The van der Waals surface area contributed by atoms with E-state index in [1.807, 2.05) is 30.3 Å². The van der Waals surface area contributed by atoms with Gasteiger partial charge in [-0.3, -0.25) is 4.79 Å². The van der Waals surface area contributed by atoms with Crippen LogP contribution >= 0.6 is 0 Å². The largest absolute Gasteiger partial charge is 0.440 e. The molecule has 128 valence electrons. The number of aliphatic hydroxyl groups excluding tert-OH is 1. The summed E-state index contributed by atoms with van der Waals surface area (Å²) < 4.78 is 10.7. The average molecular weight is 330 g/mol. The summed E-state index contributed by atoms with van der Waals surface area (Å²) in [6.45, 7) is 0.617. The second kappa shape index (κ2) is 7.59. The number of carbonyl (C=O) groups is 1. The Morgan fingerprint density at radius 2 is 2.17 bits per heavy atom. The first-order valence-corrected chi connectivity index (χ1v) is 8.20. The van der Waals surface area contributed by atoms with Crippen LogP contribution in [0.4, 0.5) is 0 Å². The summed E-state index contributed by atoms with van der Waals surface area (Å²) in [6.07, 6.45) is 1.89. The Hall–Kier alpha value is -2.18. The maximum absolute atomic E-state index is 12.4. The summed E-state index contributed by atoms with van der Waals surface area (Å²) in [5, 5.41) is 12.4. The van der Waals surface area contributed by atoms with Crippen molar-refractivity contribution in [2.45, 2.75) is 31.3 Å². The van der Waals surface area contributed by atoms with Crippen LogP contribution in [0.1, 0.15) is 41.4 Å². The highest BCUT2D eigenvalue weighted by atomic mass is 16.5. The number of hydrogen-bond donors (Lipinski definition) is 2. The number of nitrogens with one attached hydrogen (secondary N) is 1. The van der Waals surface area contributed by atoms with E-state index in [0.29, 0.717) is 30.3 Å². The van der Waals surface area contributed by atoms with Crippen LogP contribution in [0.5, 0.6) is 0 Å². The topological polar surface area (TPSA) is 84.6 Å². The molecule has 0 spiro atoms. The van der Waals surface area contributed by atoms with Crippen LogP contribution in [0.2, 0.25) is 0 Å². The fraction of sp³-hybridized carbons (Fsp3) is 0.444. The molecular formula is C18H22N2O4. The first kappa shape index (κ1) is 16.7. The zero-order valence-electron chi connectivity index (χ0n) is 13.7. The minimum absolute atomic E-state index is 0.255. The third kappa shape index (κ3) is 4.01. The number of aliphatic hydroxyl groups is 1. The Labute approximate surface area is 140 Å². The molecule has 1 aromatic carbocycles. The van der Waals surface area contributed by atoms with E-state index in [1.165, 1.54) is 7.11 Å². The molecule has 1 aromatic heterocycles. The number of oxazole rings is 1. The lowest BCUT2D eigenvalue weighted by atomic mass is 10.2. The molecule has 2 aromatic rings. The monoisotopic (exact) mass is 330 g/mol. The van der Waals surface area contributed by atoms with Gasteiger partial charge in [0.2, 0.25) is 5.89 Å². The molecule has 0 radical (unpaired) electrons. The van der Waals surface area contributed by atoms with Gasteiger partial charge in [-0.15, -0.1) is 0 Å². The SMILES string of the molecule is COCC(O)CCNC(=O)c1nc(-c2ccccc2)oc1C1CC1. The van der Waals surface area contributed by atoms with Gasteiger partial charge in [0.1, 0.15) is 5.76 Å². The smallest absolute Gasteiger partial charge is 0.273 e. The van der Waals surface area contributed by atoms with E-state index in [4.69, 9.17) is 9.15 Å². The molecule has 1 aliphatic carbocycles. The number of rotatable bonds is 8. The van der Waals surface area contributed by atoms with Gasteiger partial charge in [0, 0.05) is 25.1 Å². The average Bonchev–Trinajstić information content (AvgIpc) is 3.34. The molecule has 1 amide bonds. The lowest BCUT2D eigenvalue weighted by Gasteiger charge is -2.09. The fourth-order valence-corrected chi connectivity index (χ4v) is 2.53. The van der Waals surface area contributed by atoms with Gasteiger partial charge in [0.05, 0.1) is 12.7 Å². The third-order valence-electron chi connectivity index (χ3n) is 3.96. The van der Waals surface area contributed by atoms with E-state index in [-0.39, 0.29) is 18.4 Å². The number of carbonyl (C=O) groups excluding carboxylic acids is 1. The van der Waals surface area contributed by atoms with Crippen molar-refractivity contribution in [2.24, 2.45) is 0 Å². The Kier molecular flexibility index (Phi) is 5.27. The van der Waals surface area contributed by atoms with Crippen molar-refractivity contribution < 1.29 is 19.1 Å². The van der Waals surface area contributed by atoms with Crippen molar-refractivity contribution >= 4 is 5.91 Å². The van der Waals surface area contributed by atoms with Crippen LogP contribution in [-0.2, 0) is 4.74 Å². The van der Waals surface area contributed by atoms with Crippen LogP contribution in [0.3, 0.4) is 0 Å². The van der Waals surface area contributed by atoms with Crippen molar-refractivity contribution in [3.8, 4) is 11.5 Å². The van der Waals surface area contributed by atoms with Crippen LogP contribution in [0, 0.1) is 0 Å². The predicted octanol–water partition coefficient (Wildman–Crippen LogP) is 2.35. The molecule has 24 heavy (non-hydrogen) atoms. The van der Waals surface area contributed by atoms with Gasteiger partial charge in [0.25, 0.3) is 5.91 Å². The molecule has 0 bridgehead atoms. The van der Waals surface area contributed by atoms with E-state index in [1.54, 1.807) is 0 Å². The molecule has 6 nitrogen and oxygen atoms in total. The maximum atomic E-state index is 12.4. The number of ether oxygens (including phenoxy) is 1. The first-order chi connectivity index (χ1) is 11.7. The molecule has 1 fully saturated rings. The Balaban J connectivity index is 1.70. The number of hydrogen-bond acceptors (Lipinski definition) is 5. The number of aromatic nitrogens is 1. The molecule has 6 heteroatoms. The number of methoxy groups -OCH3 is 1. The van der Waals surface area contributed by atoms with E-state index in [2.05, 4.69) is 10.3 Å². The molecule has 0 saturated heterocycles. The summed E-state index contributed by atoms with van der Waals surface area (Å²) >= 11 is 0. The molecule has 1 atom stereocenters. The Morgan fingerprint density at radius 1 is 1.42 bits per heavy atom. The van der Waals surface area contributed by atoms with Gasteiger partial charge in [0.15, 0.2) is 5.69 Å². The quantitative estimate of drug-likeness (QED) is 0.776.